The number of anilines is 1. The van der Waals surface area contributed by atoms with Crippen LogP contribution < -0.4 is 5.32 Å². The largest absolute Gasteiger partial charge is 0.340 e. The number of carbonyl (C=O) groups is 1. The Kier molecular flexibility index (Phi) is 4.27. The summed E-state index contributed by atoms with van der Waals surface area (Å²) in [5.41, 5.74) is 1.07. The zero-order valence-corrected chi connectivity index (χ0v) is 12.9. The number of nitrogens with zero attached hydrogens (tertiary/aromatic N) is 2. The molecule has 2 heterocycles. The summed E-state index contributed by atoms with van der Waals surface area (Å²) in [6.45, 7) is 4.03. The summed E-state index contributed by atoms with van der Waals surface area (Å²) >= 11 is 9.37. The van der Waals surface area contributed by atoms with Crippen LogP contribution >= 0.6 is 27.5 Å². The van der Waals surface area contributed by atoms with Gasteiger partial charge in [0.15, 0.2) is 0 Å². The fourth-order valence-electron chi connectivity index (χ4n) is 1.71. The second-order valence-corrected chi connectivity index (χ2v) is 5.68. The Balaban J connectivity index is 2.28. The zero-order valence-electron chi connectivity index (χ0n) is 10.5. The number of hydrogen-bond donors (Lipinski definition) is 1. The minimum Gasteiger partial charge on any atom is -0.340 e. The second-order valence-electron chi connectivity index (χ2n) is 4.35. The lowest BCUT2D eigenvalue weighted by Crippen LogP contribution is -2.18. The first-order valence-corrected chi connectivity index (χ1v) is 6.94. The van der Waals surface area contributed by atoms with Crippen LogP contribution in [0.25, 0.3) is 0 Å². The van der Waals surface area contributed by atoms with Crippen LogP contribution in [-0.4, -0.2) is 15.5 Å². The fraction of sp³-hybridized carbons (Fsp3) is 0.231. The molecule has 0 unspecified atom stereocenters. The van der Waals surface area contributed by atoms with Crippen molar-refractivity contribution in [1.82, 2.24) is 9.55 Å². The van der Waals surface area contributed by atoms with E-state index in [-0.39, 0.29) is 11.9 Å². The van der Waals surface area contributed by atoms with E-state index in [1.807, 2.05) is 24.6 Å². The van der Waals surface area contributed by atoms with E-state index >= 15 is 0 Å². The van der Waals surface area contributed by atoms with E-state index in [1.54, 1.807) is 18.3 Å². The van der Waals surface area contributed by atoms with Gasteiger partial charge in [0.2, 0.25) is 0 Å². The van der Waals surface area contributed by atoms with Crippen LogP contribution in [0.1, 0.15) is 30.4 Å². The highest BCUT2D eigenvalue weighted by molar-refractivity contribution is 9.10. The van der Waals surface area contributed by atoms with Gasteiger partial charge in [-0.25, -0.2) is 0 Å². The maximum absolute atomic E-state index is 12.3. The van der Waals surface area contributed by atoms with Crippen molar-refractivity contribution in [3.8, 4) is 0 Å². The first-order chi connectivity index (χ1) is 8.99. The monoisotopic (exact) mass is 341 g/mol. The summed E-state index contributed by atoms with van der Waals surface area (Å²) in [5.74, 6) is -0.214. The van der Waals surface area contributed by atoms with E-state index in [0.717, 1.165) is 4.47 Å². The third-order valence-corrected chi connectivity index (χ3v) is 3.38. The molecule has 0 radical (unpaired) electrons. The average Bonchev–Trinajstić information content (AvgIpc) is 2.74. The molecule has 19 heavy (non-hydrogen) atoms. The Morgan fingerprint density at radius 1 is 1.53 bits per heavy atom. The van der Waals surface area contributed by atoms with Gasteiger partial charge in [-0.15, -0.1) is 0 Å². The topological polar surface area (TPSA) is 46.9 Å². The lowest BCUT2D eigenvalue weighted by Gasteiger charge is -2.13. The Morgan fingerprint density at radius 3 is 2.89 bits per heavy atom. The number of nitrogens with one attached hydrogen (secondary N) is 1. The van der Waals surface area contributed by atoms with Gasteiger partial charge >= 0.3 is 0 Å². The molecule has 1 N–H and O–H groups in total. The summed E-state index contributed by atoms with van der Waals surface area (Å²) < 4.78 is 2.76. The summed E-state index contributed by atoms with van der Waals surface area (Å²) in [7, 11) is 0. The molecule has 0 fully saturated rings. The van der Waals surface area contributed by atoms with E-state index < -0.39 is 0 Å². The number of amides is 1. The highest BCUT2D eigenvalue weighted by Crippen LogP contribution is 2.23. The molecule has 2 rings (SSSR count). The summed E-state index contributed by atoms with van der Waals surface area (Å²) in [6.07, 6.45) is 4.98. The van der Waals surface area contributed by atoms with Crippen molar-refractivity contribution in [1.29, 1.82) is 0 Å². The Morgan fingerprint density at radius 2 is 2.26 bits per heavy atom. The summed E-state index contributed by atoms with van der Waals surface area (Å²) in [6, 6.07) is 3.60. The number of rotatable bonds is 3. The van der Waals surface area contributed by atoms with Crippen molar-refractivity contribution in [2.75, 3.05) is 5.32 Å². The fourth-order valence-corrected chi connectivity index (χ4v) is 2.30. The second kappa shape index (κ2) is 5.75. The van der Waals surface area contributed by atoms with Gasteiger partial charge in [-0.3, -0.25) is 9.78 Å². The van der Waals surface area contributed by atoms with Gasteiger partial charge in [0.25, 0.3) is 5.91 Å². The molecule has 0 aliphatic heterocycles. The molecule has 2 aromatic rings. The number of halogens is 2. The lowest BCUT2D eigenvalue weighted by molar-refractivity contribution is 0.101. The molecule has 4 nitrogen and oxygen atoms in total. The van der Waals surface area contributed by atoms with Crippen LogP contribution in [0, 0.1) is 0 Å². The molecule has 0 aromatic carbocycles. The van der Waals surface area contributed by atoms with Gasteiger partial charge in [0, 0.05) is 22.9 Å². The molecule has 0 bridgehead atoms. The third-order valence-electron chi connectivity index (χ3n) is 2.62. The Labute approximate surface area is 124 Å². The van der Waals surface area contributed by atoms with Crippen molar-refractivity contribution in [2.24, 2.45) is 0 Å². The standard InChI is InChI=1S/C13H13BrClN3O/c1-8(2)18-7-9(14)5-12(18)13(19)17-11-6-16-4-3-10(11)15/h3-8H,1-2H3,(H,17,19). The minimum absolute atomic E-state index is 0.191. The van der Waals surface area contributed by atoms with Crippen LogP contribution in [0.4, 0.5) is 5.69 Å². The predicted molar refractivity (Wildman–Crippen MR) is 79.7 cm³/mol. The van der Waals surface area contributed by atoms with Crippen LogP contribution in [0.2, 0.25) is 5.02 Å². The van der Waals surface area contributed by atoms with Gasteiger partial charge < -0.3 is 9.88 Å². The molecule has 6 heteroatoms. The summed E-state index contributed by atoms with van der Waals surface area (Å²) in [5, 5.41) is 3.22. The molecule has 0 saturated heterocycles. The molecule has 0 aliphatic carbocycles. The quantitative estimate of drug-likeness (QED) is 0.911. The van der Waals surface area contributed by atoms with Gasteiger partial charge in [-0.1, -0.05) is 11.6 Å². The van der Waals surface area contributed by atoms with E-state index in [1.165, 1.54) is 6.20 Å². The number of carbonyl (C=O) groups excluding carboxylic acids is 1. The van der Waals surface area contributed by atoms with Gasteiger partial charge in [0.05, 0.1) is 16.9 Å². The first-order valence-electron chi connectivity index (χ1n) is 5.77. The van der Waals surface area contributed by atoms with Crippen molar-refractivity contribution in [3.63, 3.8) is 0 Å². The van der Waals surface area contributed by atoms with Crippen molar-refractivity contribution >= 4 is 39.1 Å². The van der Waals surface area contributed by atoms with E-state index in [4.69, 9.17) is 11.6 Å². The molecule has 0 saturated carbocycles. The average molecular weight is 343 g/mol. The molecule has 1 amide bonds. The van der Waals surface area contributed by atoms with Crippen LogP contribution in [0.3, 0.4) is 0 Å². The zero-order chi connectivity index (χ0) is 14.0. The lowest BCUT2D eigenvalue weighted by atomic mass is 10.3. The van der Waals surface area contributed by atoms with Gasteiger partial charge in [0.1, 0.15) is 5.69 Å². The maximum Gasteiger partial charge on any atom is 0.272 e. The molecule has 0 atom stereocenters. The number of aromatic nitrogens is 2. The molecule has 2 aromatic heterocycles. The van der Waals surface area contributed by atoms with E-state index in [9.17, 15) is 4.79 Å². The molecular weight excluding hydrogens is 330 g/mol. The third kappa shape index (κ3) is 3.16. The van der Waals surface area contributed by atoms with E-state index in [2.05, 4.69) is 26.2 Å². The maximum atomic E-state index is 12.3. The van der Waals surface area contributed by atoms with Crippen LogP contribution in [0.5, 0.6) is 0 Å². The highest BCUT2D eigenvalue weighted by Gasteiger charge is 2.16. The minimum atomic E-state index is -0.214. The molecule has 100 valence electrons. The van der Waals surface area contributed by atoms with Crippen molar-refractivity contribution < 1.29 is 4.79 Å². The SMILES string of the molecule is CC(C)n1cc(Br)cc1C(=O)Nc1cnccc1Cl. The predicted octanol–water partition coefficient (Wildman–Crippen LogP) is 4.13. The molecular formula is C13H13BrClN3O. The number of pyridine rings is 1. The van der Waals surface area contributed by atoms with E-state index in [0.29, 0.717) is 16.4 Å². The highest BCUT2D eigenvalue weighted by atomic mass is 79.9. The van der Waals surface area contributed by atoms with Crippen LogP contribution in [-0.2, 0) is 0 Å². The molecule has 0 aliphatic rings. The Bertz CT molecular complexity index is 610. The number of hydrogen-bond acceptors (Lipinski definition) is 2. The van der Waals surface area contributed by atoms with Gasteiger partial charge in [-0.2, -0.15) is 0 Å². The van der Waals surface area contributed by atoms with Crippen LogP contribution in [0.15, 0.2) is 35.2 Å². The Hall–Kier alpha value is -1.33. The molecule has 0 spiro atoms. The first kappa shape index (κ1) is 14.1. The smallest absolute Gasteiger partial charge is 0.272 e. The van der Waals surface area contributed by atoms with Gasteiger partial charge in [-0.05, 0) is 41.9 Å². The van der Waals surface area contributed by atoms with Crippen molar-refractivity contribution in [2.45, 2.75) is 19.9 Å². The summed E-state index contributed by atoms with van der Waals surface area (Å²) in [4.78, 5) is 16.2. The normalized spacial score (nSPS) is 10.8. The van der Waals surface area contributed by atoms with Crippen molar-refractivity contribution in [3.05, 3.63) is 45.9 Å².